The lowest BCUT2D eigenvalue weighted by Crippen LogP contribution is -2.21. The first kappa shape index (κ1) is 20.5. The van der Waals surface area contributed by atoms with Crippen molar-refractivity contribution in [1.82, 2.24) is 4.90 Å². The second kappa shape index (κ2) is 10.4. The summed E-state index contributed by atoms with van der Waals surface area (Å²) in [5, 5.41) is 0. The summed E-state index contributed by atoms with van der Waals surface area (Å²) in [5.74, 6) is 0. The number of rotatable bonds is 8. The third kappa shape index (κ3) is 6.19. The minimum absolute atomic E-state index is 1.06. The molecule has 1 aliphatic heterocycles. The molecule has 26 heavy (non-hydrogen) atoms. The van der Waals surface area contributed by atoms with Gasteiger partial charge in [-0.25, -0.2) is 0 Å². The summed E-state index contributed by atoms with van der Waals surface area (Å²) in [7, 11) is 0. The van der Waals surface area contributed by atoms with Crippen LogP contribution in [0.1, 0.15) is 50.3 Å². The first-order valence-corrected chi connectivity index (χ1v) is 10.2. The second-order valence-electron chi connectivity index (χ2n) is 6.87. The molecule has 1 aromatic carbocycles. The normalized spacial score (nSPS) is 16.4. The average molecular weight is 366 g/mol. The van der Waals surface area contributed by atoms with Crippen LogP contribution in [0.4, 0.5) is 0 Å². The van der Waals surface area contributed by atoms with Crippen LogP contribution in [0.25, 0.3) is 17.1 Å². The lowest BCUT2D eigenvalue weighted by atomic mass is 10.0. The second-order valence-corrected chi connectivity index (χ2v) is 8.21. The molecule has 2 rings (SSSR count). The first-order chi connectivity index (χ1) is 12.5. The molecule has 0 amide bonds. The third-order valence-electron chi connectivity index (χ3n) is 4.40. The summed E-state index contributed by atoms with van der Waals surface area (Å²) in [6.07, 6.45) is 13.1. The molecule has 0 aliphatic carbocycles. The van der Waals surface area contributed by atoms with Crippen molar-refractivity contribution in [1.29, 1.82) is 0 Å². The van der Waals surface area contributed by atoms with Gasteiger partial charge in [-0.3, -0.25) is 4.90 Å². The highest BCUT2D eigenvalue weighted by Gasteiger charge is 2.12. The van der Waals surface area contributed by atoms with Gasteiger partial charge in [0, 0.05) is 11.4 Å². The monoisotopic (exact) mass is 365 g/mol. The summed E-state index contributed by atoms with van der Waals surface area (Å²) in [4.78, 5) is 4.91. The molecule has 0 bridgehead atoms. The molecule has 1 aromatic rings. The van der Waals surface area contributed by atoms with E-state index in [4.69, 9.17) is 0 Å². The number of likely N-dealkylation sites (tertiary alicyclic amines) is 1. The zero-order valence-corrected chi connectivity index (χ0v) is 17.2. The molecular weight excluding hydrogens is 334 g/mol. The van der Waals surface area contributed by atoms with Crippen LogP contribution >= 0.6 is 11.8 Å². The van der Waals surface area contributed by atoms with Gasteiger partial charge in [0.05, 0.1) is 0 Å². The molecule has 0 unspecified atom stereocenters. The highest BCUT2D eigenvalue weighted by atomic mass is 32.2. The van der Waals surface area contributed by atoms with Gasteiger partial charge < -0.3 is 0 Å². The number of hydrogen-bond acceptors (Lipinski definition) is 2. The van der Waals surface area contributed by atoms with Crippen molar-refractivity contribution >= 4 is 28.8 Å². The summed E-state index contributed by atoms with van der Waals surface area (Å²) in [5.41, 5.74) is 5.15. The van der Waals surface area contributed by atoms with Crippen LogP contribution in [0.3, 0.4) is 0 Å². The topological polar surface area (TPSA) is 3.24 Å². The molecule has 138 valence electrons. The zero-order valence-electron chi connectivity index (χ0n) is 16.4. The third-order valence-corrected chi connectivity index (χ3v) is 5.44. The summed E-state index contributed by atoms with van der Waals surface area (Å²) >= 11 is 1.73. The van der Waals surface area contributed by atoms with Gasteiger partial charge in [-0.1, -0.05) is 73.0 Å². The molecule has 0 N–H and O–H groups in total. The minimum Gasteiger partial charge on any atom is -0.299 e. The van der Waals surface area contributed by atoms with Crippen molar-refractivity contribution in [3.63, 3.8) is 0 Å². The molecule has 0 spiro atoms. The Morgan fingerprint density at radius 3 is 2.54 bits per heavy atom. The van der Waals surface area contributed by atoms with E-state index >= 15 is 0 Å². The van der Waals surface area contributed by atoms with E-state index in [9.17, 15) is 0 Å². The van der Waals surface area contributed by atoms with Gasteiger partial charge in [0.25, 0.3) is 0 Å². The minimum atomic E-state index is 1.06. The number of hydrogen-bond donors (Lipinski definition) is 0. The van der Waals surface area contributed by atoms with Gasteiger partial charge in [-0.05, 0) is 74.4 Å². The van der Waals surface area contributed by atoms with Crippen LogP contribution in [0.2, 0.25) is 0 Å². The zero-order chi connectivity index (χ0) is 18.9. The van der Waals surface area contributed by atoms with Crippen molar-refractivity contribution in [2.75, 3.05) is 19.6 Å². The maximum atomic E-state index is 4.04. The first-order valence-electron chi connectivity index (χ1n) is 9.36. The maximum absolute atomic E-state index is 4.04. The molecule has 0 aromatic heterocycles. The summed E-state index contributed by atoms with van der Waals surface area (Å²) in [6, 6.07) is 6.69. The molecule has 0 saturated carbocycles. The number of nitrogens with zero attached hydrogens (tertiary/aromatic N) is 1. The van der Waals surface area contributed by atoms with Crippen LogP contribution in [0.15, 0.2) is 60.1 Å². The van der Waals surface area contributed by atoms with E-state index in [0.717, 1.165) is 11.4 Å². The quantitative estimate of drug-likeness (QED) is 0.456. The molecular formula is C24H31NS. The van der Waals surface area contributed by atoms with Gasteiger partial charge in [-0.15, -0.1) is 0 Å². The van der Waals surface area contributed by atoms with E-state index < -0.39 is 0 Å². The lowest BCUT2D eigenvalue weighted by Gasteiger charge is -2.15. The van der Waals surface area contributed by atoms with Crippen LogP contribution in [0.5, 0.6) is 0 Å². The summed E-state index contributed by atoms with van der Waals surface area (Å²) in [6.45, 7) is 17.7. The van der Waals surface area contributed by atoms with Crippen LogP contribution < -0.4 is 0 Å². The Morgan fingerprint density at radius 1 is 1.19 bits per heavy atom. The Kier molecular flexibility index (Phi) is 8.21. The predicted molar refractivity (Wildman–Crippen MR) is 121 cm³/mol. The SMILES string of the molecule is C=C/C=C/c1ccc(/C(=C/C)SC(=C)C)cc1/C=C(\C)CN1CCCC1. The lowest BCUT2D eigenvalue weighted by molar-refractivity contribution is 0.369. The Labute approximate surface area is 163 Å². The number of benzene rings is 1. The fraction of sp³-hybridized carbons (Fsp3) is 0.333. The van der Waals surface area contributed by atoms with Crippen molar-refractivity contribution in [3.8, 4) is 0 Å². The molecule has 0 atom stereocenters. The van der Waals surface area contributed by atoms with E-state index in [0.29, 0.717) is 0 Å². The van der Waals surface area contributed by atoms with Crippen molar-refractivity contribution in [3.05, 3.63) is 76.8 Å². The molecule has 1 saturated heterocycles. The molecule has 0 radical (unpaired) electrons. The van der Waals surface area contributed by atoms with E-state index in [1.807, 2.05) is 12.2 Å². The smallest absolute Gasteiger partial charge is 0.0193 e. The van der Waals surface area contributed by atoms with Gasteiger partial charge >= 0.3 is 0 Å². The standard InChI is InChI=1S/C24H31NS/c1-6-8-11-21-12-13-22(24(7-2)26-19(3)4)17-23(21)16-20(5)18-25-14-9-10-15-25/h6-8,11-13,16-17H,1,3,9-10,14-15,18H2,2,4-5H3/b11-8+,20-16+,24-7-. The van der Waals surface area contributed by atoms with E-state index in [2.05, 4.69) is 75.3 Å². The Morgan fingerprint density at radius 2 is 1.92 bits per heavy atom. The molecule has 1 heterocycles. The average Bonchev–Trinajstić information content (AvgIpc) is 3.11. The highest BCUT2D eigenvalue weighted by molar-refractivity contribution is 8.11. The number of allylic oxidation sites excluding steroid dienone is 4. The molecule has 1 aliphatic rings. The van der Waals surface area contributed by atoms with Crippen LogP contribution in [-0.4, -0.2) is 24.5 Å². The fourth-order valence-corrected chi connectivity index (χ4v) is 3.99. The van der Waals surface area contributed by atoms with Crippen molar-refractivity contribution in [2.24, 2.45) is 0 Å². The van der Waals surface area contributed by atoms with E-state index in [1.54, 1.807) is 11.8 Å². The van der Waals surface area contributed by atoms with Crippen LogP contribution in [-0.2, 0) is 0 Å². The van der Waals surface area contributed by atoms with Crippen molar-refractivity contribution in [2.45, 2.75) is 33.6 Å². The van der Waals surface area contributed by atoms with Gasteiger partial charge in [0.1, 0.15) is 0 Å². The van der Waals surface area contributed by atoms with Crippen LogP contribution in [0, 0.1) is 0 Å². The van der Waals surface area contributed by atoms with Gasteiger partial charge in [-0.2, -0.15) is 0 Å². The largest absolute Gasteiger partial charge is 0.299 e. The molecule has 1 nitrogen and oxygen atoms in total. The highest BCUT2D eigenvalue weighted by Crippen LogP contribution is 2.34. The van der Waals surface area contributed by atoms with E-state index in [-0.39, 0.29) is 0 Å². The van der Waals surface area contributed by atoms with Gasteiger partial charge in [0.15, 0.2) is 0 Å². The number of thioether (sulfide) groups is 1. The predicted octanol–water partition coefficient (Wildman–Crippen LogP) is 7.01. The fourth-order valence-electron chi connectivity index (χ4n) is 3.25. The molecule has 2 heteroatoms. The van der Waals surface area contributed by atoms with Crippen molar-refractivity contribution < 1.29 is 0 Å². The Bertz CT molecular complexity index is 731. The Balaban J connectivity index is 2.35. The summed E-state index contributed by atoms with van der Waals surface area (Å²) < 4.78 is 0. The van der Waals surface area contributed by atoms with E-state index in [1.165, 1.54) is 53.1 Å². The Hall–Kier alpha value is -1.77. The van der Waals surface area contributed by atoms with Gasteiger partial charge in [0.2, 0.25) is 0 Å². The maximum Gasteiger partial charge on any atom is 0.0193 e. The molecule has 1 fully saturated rings.